The normalized spacial score (nSPS) is 17.2. The number of nitrogens with zero attached hydrogens (tertiary/aromatic N) is 4. The molecule has 0 amide bonds. The molecule has 3 aromatic heterocycles. The van der Waals surface area contributed by atoms with Crippen molar-refractivity contribution >= 4 is 32.8 Å². The van der Waals surface area contributed by atoms with Crippen molar-refractivity contribution in [3.8, 4) is 50.9 Å². The molecule has 7 aromatic carbocycles. The van der Waals surface area contributed by atoms with Crippen LogP contribution in [-0.4, -0.2) is 18.7 Å². The molecule has 1 aliphatic carbocycles. The molecule has 360 valence electrons. The molecule has 5 nitrogen and oxygen atoms in total. The van der Waals surface area contributed by atoms with E-state index in [1.807, 2.05) is 84.6 Å². The summed E-state index contributed by atoms with van der Waals surface area (Å²) in [7, 11) is 0. The fourth-order valence-corrected chi connectivity index (χ4v) is 11.7. The van der Waals surface area contributed by atoms with Crippen LogP contribution in [-0.2, 0) is 41.0 Å². The molecule has 6 heteroatoms. The van der Waals surface area contributed by atoms with Gasteiger partial charge in [-0.1, -0.05) is 68.4 Å². The van der Waals surface area contributed by atoms with Crippen LogP contribution in [0.2, 0.25) is 0 Å². The van der Waals surface area contributed by atoms with Gasteiger partial charge in [-0.15, -0.1) is 0 Å². The predicted molar refractivity (Wildman–Crippen MR) is 290 cm³/mol. The number of imidazole rings is 1. The second-order valence-corrected chi connectivity index (χ2v) is 23.4. The summed E-state index contributed by atoms with van der Waals surface area (Å²) < 4.78 is 103. The molecule has 11 rings (SSSR count). The first-order valence-corrected chi connectivity index (χ1v) is 25.2. The summed E-state index contributed by atoms with van der Waals surface area (Å²) in [5.41, 5.74) is 7.36. The van der Waals surface area contributed by atoms with Gasteiger partial charge in [-0.2, -0.15) is 0 Å². The van der Waals surface area contributed by atoms with Crippen molar-refractivity contribution in [2.75, 3.05) is 0 Å². The molecule has 0 radical (unpaired) electrons. The van der Waals surface area contributed by atoms with Gasteiger partial charge in [0.2, 0.25) is 0 Å². The van der Waals surface area contributed by atoms with E-state index in [9.17, 15) is 5.48 Å². The zero-order valence-corrected chi connectivity index (χ0v) is 44.5. The van der Waals surface area contributed by atoms with Gasteiger partial charge in [-0.3, -0.25) is 0 Å². The number of rotatable bonds is 7. The van der Waals surface area contributed by atoms with Gasteiger partial charge in [0, 0.05) is 6.20 Å². The number of pyridine rings is 1. The SMILES string of the molecule is [2H]c1c([2H])c([2H])c(-c2cc(C(C)(C)C)cc(-c3c([2H])c([2H])c([2H])c([2H])c3[2H])c2-n2[c](=[Pt])n(-c3[c-]c(Oc4[c-]c5c(cc4)c4ccc6c(c4n5-c4cc(C(C)(C)C)ccn4)C(C)(C)C(C)(C)C6(C)C)ccc3)c3ccccc32)c([2H])c1[2H]. The molecule has 71 heavy (non-hydrogen) atoms. The number of hydrogen-bond donors (Lipinski definition) is 0. The number of fused-ring (bicyclic) bond motifs is 6. The van der Waals surface area contributed by atoms with Crippen LogP contribution in [0.25, 0.3) is 72.3 Å². The Morgan fingerprint density at radius 1 is 0.592 bits per heavy atom. The molecule has 0 saturated carbocycles. The van der Waals surface area contributed by atoms with Crippen molar-refractivity contribution in [2.45, 2.75) is 105 Å². The maximum atomic E-state index is 9.35. The Bertz CT molecular complexity index is 4270. The fraction of sp³-hybridized carbons (Fsp3) is 0.262. The number of hydrogen-bond acceptors (Lipinski definition) is 2. The number of benzene rings is 7. The summed E-state index contributed by atoms with van der Waals surface area (Å²) in [6, 6.07) is 31.7. The van der Waals surface area contributed by atoms with Crippen LogP contribution >= 0.6 is 0 Å². The number of ether oxygens (including phenoxy) is 1. The third-order valence-corrected chi connectivity index (χ3v) is 16.8. The van der Waals surface area contributed by atoms with E-state index < -0.39 is 65.8 Å². The maximum absolute atomic E-state index is 9.35. The van der Waals surface area contributed by atoms with E-state index >= 15 is 0 Å². The average molecular weight is 1120 g/mol. The fourth-order valence-electron chi connectivity index (χ4n) is 10.6. The summed E-state index contributed by atoms with van der Waals surface area (Å²) in [5.74, 6) is 1.63. The molecule has 0 N–H and O–H groups in total. The molecule has 0 atom stereocenters. The van der Waals surface area contributed by atoms with Gasteiger partial charge < -0.3 is 0 Å². The van der Waals surface area contributed by atoms with E-state index in [-0.39, 0.29) is 49.6 Å². The quantitative estimate of drug-likeness (QED) is 0.149. The van der Waals surface area contributed by atoms with Crippen molar-refractivity contribution < 1.29 is 37.8 Å². The van der Waals surface area contributed by atoms with Crippen LogP contribution in [0.1, 0.15) is 119 Å². The van der Waals surface area contributed by atoms with Crippen molar-refractivity contribution in [1.29, 1.82) is 0 Å². The first kappa shape index (κ1) is 36.4. The van der Waals surface area contributed by atoms with Crippen LogP contribution in [0.5, 0.6) is 11.5 Å². The van der Waals surface area contributed by atoms with Gasteiger partial charge in [0.05, 0.1) is 0 Å². The Balaban J connectivity index is 1.14. The molecule has 10 aromatic rings. The molecule has 0 aliphatic heterocycles. The van der Waals surface area contributed by atoms with E-state index in [4.69, 9.17) is 17.9 Å². The molecule has 0 spiro atoms. The summed E-state index contributed by atoms with van der Waals surface area (Å²) in [4.78, 5) is 5.06. The Morgan fingerprint density at radius 3 is 1.80 bits per heavy atom. The first-order valence-electron chi connectivity index (χ1n) is 29.1. The second kappa shape index (κ2) is 16.5. The molecule has 0 fully saturated rings. The molecule has 0 bridgehead atoms. The Kier molecular flexibility index (Phi) is 8.46. The number of aromatic nitrogens is 4. The zero-order valence-electron chi connectivity index (χ0n) is 52.3. The van der Waals surface area contributed by atoms with Crippen molar-refractivity contribution in [2.24, 2.45) is 5.41 Å². The van der Waals surface area contributed by atoms with Gasteiger partial charge in [0.15, 0.2) is 0 Å². The Labute approximate surface area is 444 Å². The van der Waals surface area contributed by atoms with Crippen molar-refractivity contribution in [1.82, 2.24) is 18.7 Å². The van der Waals surface area contributed by atoms with Crippen molar-refractivity contribution in [3.63, 3.8) is 0 Å². The van der Waals surface area contributed by atoms with Crippen LogP contribution in [0.3, 0.4) is 0 Å². The summed E-state index contributed by atoms with van der Waals surface area (Å²) in [6.45, 7) is 26.7. The molecule has 0 unspecified atom stereocenters. The van der Waals surface area contributed by atoms with Crippen LogP contribution in [0.15, 0.2) is 158 Å². The van der Waals surface area contributed by atoms with Gasteiger partial charge >= 0.3 is 333 Å². The van der Waals surface area contributed by atoms with E-state index in [0.717, 1.165) is 33.2 Å². The Hall–Kier alpha value is -6.55. The zero-order chi connectivity index (χ0) is 58.7. The molecule has 1 aliphatic rings. The molecular weight excluding hydrogens is 1050 g/mol. The average Bonchev–Trinajstić information content (AvgIpc) is 2.68. The van der Waals surface area contributed by atoms with E-state index in [1.54, 1.807) is 12.1 Å². The first-order chi connectivity index (χ1) is 37.8. The summed E-state index contributed by atoms with van der Waals surface area (Å²) >= 11 is 2.19. The minimum absolute atomic E-state index is 0.101. The van der Waals surface area contributed by atoms with Crippen LogP contribution in [0.4, 0.5) is 0 Å². The molecular formula is C65H62N4OPt-2. The standard InChI is InChI=1S/C65H62N4O.Pt/c1-61(2,3)44-34-35-66-57(38-44)69-56-40-48(30-31-49(56)50-32-33-53-58(60(50)69)64(9,10)65(11,12)63(53,7)8)70-47-27-21-26-46(39-47)67-41-68(55-29-20-19-28-54(55)67)59-51(42-22-15-13-16-23-42)36-45(62(4,5)6)37-52(59)43-24-17-14-18-25-43;/h13-38H,1-12H3;/q-2;/i13D,14D,15D,16D,17D,18D,22D,23D,24D,25D;. The minimum atomic E-state index is -0.637. The topological polar surface area (TPSA) is 36.9 Å². The van der Waals surface area contributed by atoms with Gasteiger partial charge in [-0.05, 0) is 38.9 Å². The van der Waals surface area contributed by atoms with Gasteiger partial charge in [0.25, 0.3) is 0 Å². The van der Waals surface area contributed by atoms with Gasteiger partial charge in [0.1, 0.15) is 0 Å². The number of para-hydroxylation sites is 2. The predicted octanol–water partition coefficient (Wildman–Crippen LogP) is 16.9. The van der Waals surface area contributed by atoms with Crippen molar-refractivity contribution in [3.05, 3.63) is 196 Å². The molecule has 3 heterocycles. The van der Waals surface area contributed by atoms with Gasteiger partial charge in [-0.25, -0.2) is 0 Å². The monoisotopic (exact) mass is 1120 g/mol. The van der Waals surface area contributed by atoms with E-state index in [2.05, 4.69) is 129 Å². The van der Waals surface area contributed by atoms with E-state index in [1.165, 1.54) is 11.1 Å². The third kappa shape index (κ3) is 7.36. The summed E-state index contributed by atoms with van der Waals surface area (Å²) in [5, 5.41) is 2.11. The Morgan fingerprint density at radius 2 is 1.18 bits per heavy atom. The van der Waals surface area contributed by atoms with E-state index in [0.29, 0.717) is 37.6 Å². The summed E-state index contributed by atoms with van der Waals surface area (Å²) in [6.07, 6.45) is 1.89. The molecule has 0 saturated heterocycles. The van der Waals surface area contributed by atoms with Crippen LogP contribution in [0, 0.1) is 21.4 Å². The third-order valence-electron chi connectivity index (χ3n) is 15.7. The second-order valence-electron chi connectivity index (χ2n) is 22.4. The van der Waals surface area contributed by atoms with Crippen LogP contribution < -0.4 is 4.74 Å².